The second-order valence-corrected chi connectivity index (χ2v) is 6.06. The summed E-state index contributed by atoms with van der Waals surface area (Å²) in [5, 5.41) is 5.13. The van der Waals surface area contributed by atoms with Crippen molar-refractivity contribution < 1.29 is 0 Å². The van der Waals surface area contributed by atoms with Gasteiger partial charge in [0.15, 0.2) is 0 Å². The zero-order valence-corrected chi connectivity index (χ0v) is 13.8. The van der Waals surface area contributed by atoms with E-state index in [1.54, 1.807) is 6.20 Å². The van der Waals surface area contributed by atoms with Gasteiger partial charge in [0.1, 0.15) is 0 Å². The Morgan fingerprint density at radius 2 is 1.81 bits per heavy atom. The van der Waals surface area contributed by atoms with Crippen LogP contribution in [0.5, 0.6) is 0 Å². The first-order valence-corrected chi connectivity index (χ1v) is 7.66. The van der Waals surface area contributed by atoms with Crippen molar-refractivity contribution in [3.05, 3.63) is 57.1 Å². The normalized spacial score (nSPS) is 10.8. The fraction of sp³-hybridized carbons (Fsp3) is 0. The van der Waals surface area contributed by atoms with Crippen LogP contribution in [0, 0.1) is 0 Å². The van der Waals surface area contributed by atoms with Crippen LogP contribution < -0.4 is 11.1 Å². The number of fused-ring (bicyclic) bond motifs is 1. The third kappa shape index (κ3) is 2.67. The molecule has 1 heterocycles. The lowest BCUT2D eigenvalue weighted by Crippen LogP contribution is -1.96. The Bertz CT molecular complexity index is 837. The van der Waals surface area contributed by atoms with Crippen molar-refractivity contribution in [3.63, 3.8) is 0 Å². The van der Waals surface area contributed by atoms with Gasteiger partial charge in [0, 0.05) is 21.7 Å². The van der Waals surface area contributed by atoms with Gasteiger partial charge in [-0.3, -0.25) is 4.98 Å². The highest BCUT2D eigenvalue weighted by atomic mass is 79.9. The van der Waals surface area contributed by atoms with Crippen LogP contribution in [-0.4, -0.2) is 4.98 Å². The Balaban J connectivity index is 2.11. The first kappa shape index (κ1) is 14.4. The Morgan fingerprint density at radius 3 is 2.62 bits per heavy atom. The van der Waals surface area contributed by atoms with Crippen molar-refractivity contribution in [2.24, 2.45) is 0 Å². The number of para-hydroxylation sites is 1. The Labute approximate surface area is 140 Å². The topological polar surface area (TPSA) is 50.9 Å². The van der Waals surface area contributed by atoms with Gasteiger partial charge < -0.3 is 11.1 Å². The number of halogens is 3. The van der Waals surface area contributed by atoms with Gasteiger partial charge in [0.25, 0.3) is 0 Å². The predicted molar refractivity (Wildman–Crippen MR) is 93.6 cm³/mol. The number of rotatable bonds is 2. The molecule has 0 bridgehead atoms. The van der Waals surface area contributed by atoms with Gasteiger partial charge in [-0.1, -0.05) is 35.3 Å². The van der Waals surface area contributed by atoms with E-state index >= 15 is 0 Å². The smallest absolute Gasteiger partial charge is 0.0951 e. The standard InChI is InChI=1S/C15H10BrCl2N3/c16-9-4-5-12(14(18)13(9)17)21-11-6-7-20-15-8(11)2-1-3-10(15)19/h1-7H,19H2,(H,20,21). The van der Waals surface area contributed by atoms with Gasteiger partial charge in [0.05, 0.1) is 26.9 Å². The fourth-order valence-corrected chi connectivity index (χ4v) is 2.90. The third-order valence-corrected chi connectivity index (χ3v) is 4.88. The monoisotopic (exact) mass is 381 g/mol. The summed E-state index contributed by atoms with van der Waals surface area (Å²) >= 11 is 15.8. The molecule has 106 valence electrons. The molecule has 2 aromatic carbocycles. The number of nitrogens with zero attached hydrogens (tertiary/aromatic N) is 1. The largest absolute Gasteiger partial charge is 0.397 e. The molecular weight excluding hydrogens is 373 g/mol. The molecule has 0 aliphatic heterocycles. The summed E-state index contributed by atoms with van der Waals surface area (Å²) in [6, 6.07) is 11.2. The molecule has 0 saturated carbocycles. The number of pyridine rings is 1. The van der Waals surface area contributed by atoms with E-state index in [4.69, 9.17) is 28.9 Å². The molecule has 6 heteroatoms. The zero-order valence-electron chi connectivity index (χ0n) is 10.7. The maximum atomic E-state index is 6.27. The highest BCUT2D eigenvalue weighted by molar-refractivity contribution is 9.10. The van der Waals surface area contributed by atoms with E-state index in [0.717, 1.165) is 26.8 Å². The molecule has 3 aromatic rings. The Hall–Kier alpha value is -1.49. The number of nitrogens with one attached hydrogen (secondary N) is 1. The quantitative estimate of drug-likeness (QED) is 0.446. The lowest BCUT2D eigenvalue weighted by atomic mass is 10.1. The second-order valence-electron chi connectivity index (χ2n) is 4.45. The first-order valence-electron chi connectivity index (χ1n) is 6.11. The van der Waals surface area contributed by atoms with E-state index in [9.17, 15) is 0 Å². The van der Waals surface area contributed by atoms with Gasteiger partial charge in [-0.2, -0.15) is 0 Å². The van der Waals surface area contributed by atoms with E-state index < -0.39 is 0 Å². The molecule has 3 N–H and O–H groups in total. The lowest BCUT2D eigenvalue weighted by Gasteiger charge is -2.13. The number of hydrogen-bond acceptors (Lipinski definition) is 3. The number of aromatic nitrogens is 1. The molecule has 3 rings (SSSR count). The molecule has 0 unspecified atom stereocenters. The maximum absolute atomic E-state index is 6.27. The van der Waals surface area contributed by atoms with E-state index in [1.165, 1.54) is 0 Å². The maximum Gasteiger partial charge on any atom is 0.0951 e. The molecule has 0 aliphatic carbocycles. The highest BCUT2D eigenvalue weighted by Crippen LogP contribution is 2.38. The SMILES string of the molecule is Nc1cccc2c(Nc3ccc(Br)c(Cl)c3Cl)ccnc12. The van der Waals surface area contributed by atoms with Crippen LogP contribution in [0.3, 0.4) is 0 Å². The summed E-state index contributed by atoms with van der Waals surface area (Å²) in [5.74, 6) is 0. The molecule has 0 saturated heterocycles. The van der Waals surface area contributed by atoms with Crippen LogP contribution >= 0.6 is 39.1 Å². The molecule has 0 fully saturated rings. The zero-order chi connectivity index (χ0) is 15.0. The van der Waals surface area contributed by atoms with Gasteiger partial charge in [-0.15, -0.1) is 0 Å². The van der Waals surface area contributed by atoms with Crippen LogP contribution in [-0.2, 0) is 0 Å². The minimum atomic E-state index is 0.458. The minimum absolute atomic E-state index is 0.458. The van der Waals surface area contributed by atoms with Gasteiger partial charge in [-0.05, 0) is 40.2 Å². The third-order valence-electron chi connectivity index (χ3n) is 3.11. The molecule has 0 atom stereocenters. The van der Waals surface area contributed by atoms with Crippen LogP contribution in [0.15, 0.2) is 47.1 Å². The summed E-state index contributed by atoms with van der Waals surface area (Å²) < 4.78 is 0.753. The average Bonchev–Trinajstić information content (AvgIpc) is 2.49. The molecule has 21 heavy (non-hydrogen) atoms. The van der Waals surface area contributed by atoms with E-state index in [-0.39, 0.29) is 0 Å². The summed E-state index contributed by atoms with van der Waals surface area (Å²) in [7, 11) is 0. The van der Waals surface area contributed by atoms with Crippen LogP contribution in [0.2, 0.25) is 10.0 Å². The summed E-state index contributed by atoms with van der Waals surface area (Å²) in [4.78, 5) is 4.31. The van der Waals surface area contributed by atoms with Gasteiger partial charge in [-0.25, -0.2) is 0 Å². The van der Waals surface area contributed by atoms with Crippen LogP contribution in [0.4, 0.5) is 17.1 Å². The van der Waals surface area contributed by atoms with E-state index in [0.29, 0.717) is 15.7 Å². The molecule has 0 radical (unpaired) electrons. The van der Waals surface area contributed by atoms with E-state index in [2.05, 4.69) is 26.2 Å². The number of benzene rings is 2. The molecular formula is C15H10BrCl2N3. The average molecular weight is 383 g/mol. The van der Waals surface area contributed by atoms with Crippen molar-refractivity contribution in [3.8, 4) is 0 Å². The van der Waals surface area contributed by atoms with Crippen LogP contribution in [0.1, 0.15) is 0 Å². The number of nitrogens with two attached hydrogens (primary N) is 1. The van der Waals surface area contributed by atoms with Crippen LogP contribution in [0.25, 0.3) is 10.9 Å². The lowest BCUT2D eigenvalue weighted by molar-refractivity contribution is 1.40. The molecule has 1 aromatic heterocycles. The van der Waals surface area contributed by atoms with Crippen molar-refractivity contribution >= 4 is 67.1 Å². The van der Waals surface area contributed by atoms with Gasteiger partial charge >= 0.3 is 0 Å². The number of hydrogen-bond donors (Lipinski definition) is 2. The summed E-state index contributed by atoms with van der Waals surface area (Å²) in [6.45, 7) is 0. The van der Waals surface area contributed by atoms with Crippen molar-refractivity contribution in [1.29, 1.82) is 0 Å². The Kier molecular flexibility index (Phi) is 3.93. The molecule has 0 spiro atoms. The Morgan fingerprint density at radius 1 is 1.00 bits per heavy atom. The molecule has 0 amide bonds. The summed E-state index contributed by atoms with van der Waals surface area (Å²) in [5.41, 5.74) is 8.93. The minimum Gasteiger partial charge on any atom is -0.397 e. The number of nitrogen functional groups attached to an aromatic ring is 1. The first-order chi connectivity index (χ1) is 10.1. The van der Waals surface area contributed by atoms with Crippen molar-refractivity contribution in [1.82, 2.24) is 4.98 Å². The fourth-order valence-electron chi connectivity index (χ4n) is 2.08. The van der Waals surface area contributed by atoms with E-state index in [1.807, 2.05) is 36.4 Å². The van der Waals surface area contributed by atoms with Crippen molar-refractivity contribution in [2.45, 2.75) is 0 Å². The van der Waals surface area contributed by atoms with Crippen molar-refractivity contribution in [2.75, 3.05) is 11.1 Å². The second kappa shape index (κ2) is 5.72. The highest BCUT2D eigenvalue weighted by Gasteiger charge is 2.10. The summed E-state index contributed by atoms with van der Waals surface area (Å²) in [6.07, 6.45) is 1.70. The predicted octanol–water partition coefficient (Wildman–Crippen LogP) is 5.63. The number of anilines is 3. The molecule has 0 aliphatic rings. The van der Waals surface area contributed by atoms with Gasteiger partial charge in [0.2, 0.25) is 0 Å². The molecule has 3 nitrogen and oxygen atoms in total.